The third kappa shape index (κ3) is 6.19. The van der Waals surface area contributed by atoms with Crippen LogP contribution in [-0.2, 0) is 9.59 Å². The molecule has 0 radical (unpaired) electrons. The summed E-state index contributed by atoms with van der Waals surface area (Å²) in [6.07, 6.45) is 1.12. The van der Waals surface area contributed by atoms with Gasteiger partial charge in [-0.1, -0.05) is 49.0 Å². The standard InChI is InChI=1S/C19H21N3S.C4H4O4/c1-2-21-11-13-22(14-12-21)19-15-7-3-5-9-17(15)23-18-10-6-4-8-16(18)20-19;5-3(6)1-2-4(7)8/h3-10H,2,11-14H2,1H3;1-2H,(H,5,6)(H,7,8)/b;2-1+. The van der Waals surface area contributed by atoms with Crippen molar-refractivity contribution in [2.24, 2.45) is 4.99 Å². The van der Waals surface area contributed by atoms with Crippen LogP contribution in [0.2, 0.25) is 0 Å². The Morgan fingerprint density at radius 1 is 0.935 bits per heavy atom. The summed E-state index contributed by atoms with van der Waals surface area (Å²) in [4.78, 5) is 31.7. The number of aliphatic carboxylic acids is 2. The molecule has 162 valence electrons. The third-order valence-electron chi connectivity index (χ3n) is 4.93. The summed E-state index contributed by atoms with van der Waals surface area (Å²) in [5.41, 5.74) is 2.35. The number of fused-ring (bicyclic) bond motifs is 2. The van der Waals surface area contributed by atoms with Crippen LogP contribution in [-0.4, -0.2) is 70.5 Å². The van der Waals surface area contributed by atoms with Gasteiger partial charge in [-0.15, -0.1) is 0 Å². The zero-order chi connectivity index (χ0) is 22.2. The normalized spacial score (nSPS) is 15.8. The first-order chi connectivity index (χ1) is 15.0. The van der Waals surface area contributed by atoms with Gasteiger partial charge in [0.25, 0.3) is 0 Å². The quantitative estimate of drug-likeness (QED) is 0.706. The molecule has 0 aliphatic carbocycles. The summed E-state index contributed by atoms with van der Waals surface area (Å²) in [6.45, 7) is 7.71. The predicted molar refractivity (Wildman–Crippen MR) is 121 cm³/mol. The minimum absolute atomic E-state index is 0.558. The third-order valence-corrected chi connectivity index (χ3v) is 6.07. The number of aliphatic imine (C=N–C) groups is 1. The Kier molecular flexibility index (Phi) is 7.86. The molecule has 1 saturated heterocycles. The van der Waals surface area contributed by atoms with E-state index in [4.69, 9.17) is 15.2 Å². The van der Waals surface area contributed by atoms with Crippen LogP contribution in [0.4, 0.5) is 5.69 Å². The highest BCUT2D eigenvalue weighted by molar-refractivity contribution is 7.99. The van der Waals surface area contributed by atoms with Crippen molar-refractivity contribution < 1.29 is 19.8 Å². The van der Waals surface area contributed by atoms with Gasteiger partial charge in [0.1, 0.15) is 5.84 Å². The van der Waals surface area contributed by atoms with Crippen LogP contribution in [0, 0.1) is 0 Å². The smallest absolute Gasteiger partial charge is 0.328 e. The topological polar surface area (TPSA) is 93.4 Å². The van der Waals surface area contributed by atoms with Gasteiger partial charge >= 0.3 is 11.9 Å². The molecule has 31 heavy (non-hydrogen) atoms. The summed E-state index contributed by atoms with van der Waals surface area (Å²) < 4.78 is 0. The van der Waals surface area contributed by atoms with Crippen LogP contribution >= 0.6 is 11.8 Å². The highest BCUT2D eigenvalue weighted by Crippen LogP contribution is 2.40. The number of amidine groups is 1. The number of likely N-dealkylation sites (N-methyl/N-ethyl adjacent to an activating group) is 1. The lowest BCUT2D eigenvalue weighted by molar-refractivity contribution is -0.134. The molecule has 2 N–H and O–H groups in total. The van der Waals surface area contributed by atoms with Crippen LogP contribution in [0.1, 0.15) is 12.5 Å². The SMILES string of the molecule is CCN1CCN(C2=Nc3ccccc3Sc3ccccc32)CC1.O=C(O)/C=C/C(=O)O. The number of piperazine rings is 1. The Bertz CT molecular complexity index is 982. The average Bonchev–Trinajstić information content (AvgIpc) is 2.95. The number of nitrogens with zero attached hydrogens (tertiary/aromatic N) is 3. The van der Waals surface area contributed by atoms with Crippen molar-refractivity contribution in [3.8, 4) is 0 Å². The van der Waals surface area contributed by atoms with E-state index in [1.165, 1.54) is 15.4 Å². The van der Waals surface area contributed by atoms with E-state index in [0.29, 0.717) is 12.2 Å². The number of carboxylic acids is 2. The molecule has 0 bridgehead atoms. The van der Waals surface area contributed by atoms with Crippen molar-refractivity contribution >= 4 is 35.2 Å². The Morgan fingerprint density at radius 2 is 1.52 bits per heavy atom. The summed E-state index contributed by atoms with van der Waals surface area (Å²) >= 11 is 1.82. The van der Waals surface area contributed by atoms with Crippen LogP contribution in [0.15, 0.2) is 75.5 Å². The highest BCUT2D eigenvalue weighted by Gasteiger charge is 2.24. The molecule has 0 saturated carbocycles. The van der Waals surface area contributed by atoms with Gasteiger partial charge in [0.2, 0.25) is 0 Å². The van der Waals surface area contributed by atoms with Gasteiger partial charge in [-0.2, -0.15) is 0 Å². The molecular weight excluding hydrogens is 414 g/mol. The number of rotatable bonds is 3. The molecule has 0 aromatic heterocycles. The second-order valence-corrected chi connectivity index (χ2v) is 8.02. The van der Waals surface area contributed by atoms with E-state index in [2.05, 4.69) is 65.3 Å². The molecule has 0 atom stereocenters. The van der Waals surface area contributed by atoms with E-state index < -0.39 is 11.9 Å². The van der Waals surface area contributed by atoms with Crippen LogP contribution in [0.5, 0.6) is 0 Å². The minimum atomic E-state index is -1.26. The molecule has 1 fully saturated rings. The molecule has 0 unspecified atom stereocenters. The van der Waals surface area contributed by atoms with Crippen molar-refractivity contribution in [1.29, 1.82) is 0 Å². The van der Waals surface area contributed by atoms with E-state index >= 15 is 0 Å². The number of carboxylic acid groups (broad SMARTS) is 2. The lowest BCUT2D eigenvalue weighted by Crippen LogP contribution is -2.48. The molecular formula is C23H25N3O4S. The molecule has 8 heteroatoms. The first-order valence-electron chi connectivity index (χ1n) is 10.0. The van der Waals surface area contributed by atoms with Crippen LogP contribution in [0.3, 0.4) is 0 Å². The van der Waals surface area contributed by atoms with Gasteiger partial charge in [0.15, 0.2) is 0 Å². The molecule has 2 aromatic rings. The van der Waals surface area contributed by atoms with E-state index in [-0.39, 0.29) is 0 Å². The van der Waals surface area contributed by atoms with E-state index in [1.54, 1.807) is 0 Å². The number of benzene rings is 2. The molecule has 0 amide bonds. The highest BCUT2D eigenvalue weighted by atomic mass is 32.2. The first-order valence-corrected chi connectivity index (χ1v) is 10.9. The Morgan fingerprint density at radius 3 is 2.13 bits per heavy atom. The van der Waals surface area contributed by atoms with Gasteiger partial charge in [0, 0.05) is 53.7 Å². The zero-order valence-electron chi connectivity index (χ0n) is 17.3. The Labute approximate surface area is 185 Å². The first kappa shape index (κ1) is 22.6. The Hall–Kier alpha value is -3.10. The average molecular weight is 440 g/mol. The largest absolute Gasteiger partial charge is 0.478 e. The predicted octanol–water partition coefficient (Wildman–Crippen LogP) is 3.58. The van der Waals surface area contributed by atoms with Crippen molar-refractivity contribution in [2.45, 2.75) is 16.7 Å². The summed E-state index contributed by atoms with van der Waals surface area (Å²) in [6, 6.07) is 17.1. The molecule has 2 aromatic carbocycles. The van der Waals surface area contributed by atoms with E-state index in [0.717, 1.165) is 44.2 Å². The maximum absolute atomic E-state index is 9.55. The number of hydrogen-bond donors (Lipinski definition) is 2. The van der Waals surface area contributed by atoms with Gasteiger partial charge in [0.05, 0.1) is 5.69 Å². The number of hydrogen-bond acceptors (Lipinski definition) is 6. The maximum Gasteiger partial charge on any atom is 0.328 e. The lowest BCUT2D eigenvalue weighted by atomic mass is 10.1. The monoisotopic (exact) mass is 439 g/mol. The molecule has 2 aliphatic heterocycles. The molecule has 2 aliphatic rings. The second-order valence-electron chi connectivity index (χ2n) is 6.93. The Balaban J connectivity index is 0.000000293. The molecule has 2 heterocycles. The van der Waals surface area contributed by atoms with Crippen molar-refractivity contribution in [3.63, 3.8) is 0 Å². The lowest BCUT2D eigenvalue weighted by Gasteiger charge is -2.36. The molecule has 7 nitrogen and oxygen atoms in total. The van der Waals surface area contributed by atoms with Crippen molar-refractivity contribution in [1.82, 2.24) is 9.80 Å². The summed E-state index contributed by atoms with van der Waals surface area (Å²) in [5, 5.41) is 15.6. The maximum atomic E-state index is 9.55. The summed E-state index contributed by atoms with van der Waals surface area (Å²) in [7, 11) is 0. The number of carbonyl (C=O) groups is 2. The van der Waals surface area contributed by atoms with Crippen LogP contribution < -0.4 is 0 Å². The van der Waals surface area contributed by atoms with E-state index in [9.17, 15) is 9.59 Å². The second kappa shape index (κ2) is 10.8. The van der Waals surface area contributed by atoms with Gasteiger partial charge in [-0.05, 0) is 24.7 Å². The van der Waals surface area contributed by atoms with Crippen molar-refractivity contribution in [3.05, 3.63) is 66.2 Å². The van der Waals surface area contributed by atoms with Crippen LogP contribution in [0.25, 0.3) is 0 Å². The zero-order valence-corrected chi connectivity index (χ0v) is 18.1. The number of para-hydroxylation sites is 1. The summed E-state index contributed by atoms with van der Waals surface area (Å²) in [5.74, 6) is -1.38. The fourth-order valence-corrected chi connectivity index (χ4v) is 4.35. The van der Waals surface area contributed by atoms with Gasteiger partial charge in [-0.3, -0.25) is 0 Å². The van der Waals surface area contributed by atoms with Gasteiger partial charge in [-0.25, -0.2) is 14.6 Å². The fraction of sp³-hybridized carbons (Fsp3) is 0.261. The van der Waals surface area contributed by atoms with Crippen molar-refractivity contribution in [2.75, 3.05) is 32.7 Å². The van der Waals surface area contributed by atoms with Gasteiger partial charge < -0.3 is 20.0 Å². The molecule has 4 rings (SSSR count). The fourth-order valence-electron chi connectivity index (χ4n) is 3.33. The minimum Gasteiger partial charge on any atom is -0.478 e. The molecule has 0 spiro atoms. The van der Waals surface area contributed by atoms with E-state index in [1.807, 2.05) is 11.8 Å².